The smallest absolute Gasteiger partial charge is 0.229 e. The van der Waals surface area contributed by atoms with Gasteiger partial charge in [-0.1, -0.05) is 17.7 Å². The summed E-state index contributed by atoms with van der Waals surface area (Å²) in [6.07, 6.45) is 0.341. The van der Waals surface area contributed by atoms with E-state index in [-0.39, 0.29) is 16.4 Å². The third-order valence-electron chi connectivity index (χ3n) is 2.89. The lowest BCUT2D eigenvalue weighted by Crippen LogP contribution is -2.35. The van der Waals surface area contributed by atoms with Crippen molar-refractivity contribution in [1.29, 1.82) is 0 Å². The quantitative estimate of drug-likeness (QED) is 0.876. The summed E-state index contributed by atoms with van der Waals surface area (Å²) in [7, 11) is -6.71. The first kappa shape index (κ1) is 13.5. The van der Waals surface area contributed by atoms with Gasteiger partial charge in [0, 0.05) is 6.04 Å². The Balaban J connectivity index is 2.16. The Hall–Kier alpha value is -0.920. The zero-order valence-corrected chi connectivity index (χ0v) is 11.6. The molecule has 1 heterocycles. The first-order valence-corrected chi connectivity index (χ1v) is 8.88. The summed E-state index contributed by atoms with van der Waals surface area (Å²) in [5, 5.41) is 0. The van der Waals surface area contributed by atoms with Crippen LogP contribution in [0.1, 0.15) is 12.0 Å². The third kappa shape index (κ3) is 3.09. The molecular formula is C11H15NO4S2. The van der Waals surface area contributed by atoms with E-state index in [9.17, 15) is 16.8 Å². The molecule has 0 radical (unpaired) electrons. The molecule has 0 aliphatic carbocycles. The lowest BCUT2D eigenvalue weighted by molar-refractivity contribution is 0.562. The van der Waals surface area contributed by atoms with Crippen LogP contribution in [0.3, 0.4) is 0 Å². The second kappa shape index (κ2) is 4.64. The van der Waals surface area contributed by atoms with Crippen LogP contribution in [0.15, 0.2) is 29.2 Å². The highest BCUT2D eigenvalue weighted by Gasteiger charge is 2.31. The molecule has 0 bridgehead atoms. The van der Waals surface area contributed by atoms with Crippen molar-refractivity contribution < 1.29 is 16.8 Å². The van der Waals surface area contributed by atoms with Crippen LogP contribution >= 0.6 is 0 Å². The highest BCUT2D eigenvalue weighted by Crippen LogP contribution is 2.16. The van der Waals surface area contributed by atoms with Crippen molar-refractivity contribution in [2.45, 2.75) is 24.3 Å². The number of nitrogens with one attached hydrogen (secondary N) is 1. The Morgan fingerprint density at radius 1 is 1.22 bits per heavy atom. The number of rotatable bonds is 3. The number of hydrogen-bond acceptors (Lipinski definition) is 4. The molecule has 1 aliphatic heterocycles. The minimum absolute atomic E-state index is 0.0497. The maximum atomic E-state index is 12.0. The largest absolute Gasteiger partial charge is 0.240 e. The average molecular weight is 289 g/mol. The molecule has 0 aromatic heterocycles. The van der Waals surface area contributed by atoms with Crippen molar-refractivity contribution >= 4 is 19.9 Å². The van der Waals surface area contributed by atoms with Crippen LogP contribution in [0.2, 0.25) is 0 Å². The first-order valence-electron chi connectivity index (χ1n) is 5.58. The van der Waals surface area contributed by atoms with Crippen LogP contribution in [0.5, 0.6) is 0 Å². The van der Waals surface area contributed by atoms with Crippen LogP contribution in [0.25, 0.3) is 0 Å². The summed E-state index contributed by atoms with van der Waals surface area (Å²) in [6.45, 7) is 1.87. The monoisotopic (exact) mass is 289 g/mol. The van der Waals surface area contributed by atoms with Gasteiger partial charge in [0.1, 0.15) is 0 Å². The zero-order chi connectivity index (χ0) is 13.4. The van der Waals surface area contributed by atoms with Gasteiger partial charge in [0.05, 0.1) is 16.4 Å². The molecule has 18 heavy (non-hydrogen) atoms. The van der Waals surface area contributed by atoms with Gasteiger partial charge in [-0.2, -0.15) is 0 Å². The lowest BCUT2D eigenvalue weighted by Gasteiger charge is -2.11. The molecule has 0 saturated carbocycles. The number of sulfonamides is 1. The van der Waals surface area contributed by atoms with Gasteiger partial charge >= 0.3 is 0 Å². The standard InChI is InChI=1S/C11H15NO4S2/c1-9-2-4-11(5-3-9)18(15,16)12-10-6-7-17(13,14)8-10/h2-5,10,12H,6-8H2,1H3/t10-/m1/s1. The van der Waals surface area contributed by atoms with Gasteiger partial charge in [0.25, 0.3) is 0 Å². The summed E-state index contributed by atoms with van der Waals surface area (Å²) in [4.78, 5) is 0.164. The van der Waals surface area contributed by atoms with Crippen molar-refractivity contribution in [2.75, 3.05) is 11.5 Å². The number of benzene rings is 1. The molecule has 0 spiro atoms. The molecule has 0 amide bonds. The van der Waals surface area contributed by atoms with Gasteiger partial charge in [-0.3, -0.25) is 0 Å². The maximum Gasteiger partial charge on any atom is 0.240 e. The highest BCUT2D eigenvalue weighted by molar-refractivity contribution is 7.92. The fourth-order valence-electron chi connectivity index (χ4n) is 1.89. The van der Waals surface area contributed by atoms with Gasteiger partial charge in [0.2, 0.25) is 10.0 Å². The summed E-state index contributed by atoms with van der Waals surface area (Å²) < 4.78 is 49.0. The van der Waals surface area contributed by atoms with Crippen LogP contribution in [-0.4, -0.2) is 34.4 Å². The van der Waals surface area contributed by atoms with E-state index in [2.05, 4.69) is 4.72 Å². The van der Waals surface area contributed by atoms with Crippen LogP contribution in [-0.2, 0) is 19.9 Å². The van der Waals surface area contributed by atoms with E-state index in [0.29, 0.717) is 6.42 Å². The summed E-state index contributed by atoms with van der Waals surface area (Å²) in [5.74, 6) is -0.0633. The van der Waals surface area contributed by atoms with Crippen molar-refractivity contribution in [3.63, 3.8) is 0 Å². The topological polar surface area (TPSA) is 80.3 Å². The molecular weight excluding hydrogens is 274 g/mol. The molecule has 5 nitrogen and oxygen atoms in total. The van der Waals surface area contributed by atoms with Crippen molar-refractivity contribution in [3.05, 3.63) is 29.8 Å². The Morgan fingerprint density at radius 2 is 1.83 bits per heavy atom. The molecule has 1 aromatic rings. The van der Waals surface area contributed by atoms with E-state index in [1.165, 1.54) is 12.1 Å². The number of aryl methyl sites for hydroxylation is 1. The van der Waals surface area contributed by atoms with E-state index in [1.54, 1.807) is 12.1 Å². The molecule has 1 saturated heterocycles. The maximum absolute atomic E-state index is 12.0. The van der Waals surface area contributed by atoms with Crippen LogP contribution in [0, 0.1) is 6.92 Å². The van der Waals surface area contributed by atoms with E-state index in [1.807, 2.05) is 6.92 Å². The van der Waals surface area contributed by atoms with Gasteiger partial charge in [0.15, 0.2) is 9.84 Å². The van der Waals surface area contributed by atoms with Crippen molar-refractivity contribution in [1.82, 2.24) is 4.72 Å². The minimum Gasteiger partial charge on any atom is -0.229 e. The second-order valence-corrected chi connectivity index (χ2v) is 8.48. The SMILES string of the molecule is Cc1ccc(S(=O)(=O)N[C@@H]2CCS(=O)(=O)C2)cc1. The average Bonchev–Trinajstić information content (AvgIpc) is 2.57. The van der Waals surface area contributed by atoms with Crippen LogP contribution in [0.4, 0.5) is 0 Å². The number of hydrogen-bond donors (Lipinski definition) is 1. The van der Waals surface area contributed by atoms with E-state index in [0.717, 1.165) is 5.56 Å². The third-order valence-corrected chi connectivity index (χ3v) is 6.19. The second-order valence-electron chi connectivity index (χ2n) is 4.53. The molecule has 2 rings (SSSR count). The van der Waals surface area contributed by atoms with Crippen molar-refractivity contribution in [2.24, 2.45) is 0 Å². The fourth-order valence-corrected chi connectivity index (χ4v) is 4.94. The molecule has 0 unspecified atom stereocenters. The summed E-state index contributed by atoms with van der Waals surface area (Å²) in [6, 6.07) is 5.93. The molecule has 1 atom stereocenters. The summed E-state index contributed by atoms with van der Waals surface area (Å²) in [5.41, 5.74) is 0.970. The molecule has 1 aliphatic rings. The fraction of sp³-hybridized carbons (Fsp3) is 0.455. The zero-order valence-electron chi connectivity index (χ0n) is 9.96. The molecule has 7 heteroatoms. The first-order chi connectivity index (χ1) is 8.28. The van der Waals surface area contributed by atoms with E-state index in [4.69, 9.17) is 0 Å². The highest BCUT2D eigenvalue weighted by atomic mass is 32.2. The van der Waals surface area contributed by atoms with Gasteiger partial charge in [-0.05, 0) is 25.5 Å². The van der Waals surface area contributed by atoms with Gasteiger partial charge in [-0.15, -0.1) is 0 Å². The predicted octanol–water partition coefficient (Wildman–Crippen LogP) is 0.460. The Morgan fingerprint density at radius 3 is 2.33 bits per heavy atom. The lowest BCUT2D eigenvalue weighted by atomic mass is 10.2. The van der Waals surface area contributed by atoms with Gasteiger partial charge in [-0.25, -0.2) is 21.6 Å². The Kier molecular flexibility index (Phi) is 3.48. The molecule has 1 N–H and O–H groups in total. The van der Waals surface area contributed by atoms with E-state index < -0.39 is 25.9 Å². The molecule has 1 aromatic carbocycles. The predicted molar refractivity (Wildman–Crippen MR) is 68.6 cm³/mol. The minimum atomic E-state index is -3.63. The molecule has 1 fully saturated rings. The van der Waals surface area contributed by atoms with Crippen molar-refractivity contribution in [3.8, 4) is 0 Å². The van der Waals surface area contributed by atoms with Gasteiger partial charge < -0.3 is 0 Å². The Bertz CT molecular complexity index is 632. The van der Waals surface area contributed by atoms with E-state index >= 15 is 0 Å². The normalized spacial score (nSPS) is 23.1. The van der Waals surface area contributed by atoms with Crippen LogP contribution < -0.4 is 4.72 Å². The Labute approximate surface area is 107 Å². The summed E-state index contributed by atoms with van der Waals surface area (Å²) >= 11 is 0. The molecule has 100 valence electrons. The number of sulfone groups is 1.